The first kappa shape index (κ1) is 14.4. The SMILES string of the molecule is CCn1nc(C)c(Br)c1CN1CCC(C)C1CCl. The number of rotatable bonds is 4. The third-order valence-electron chi connectivity index (χ3n) is 3.96. The molecular weight excluding hydrogens is 314 g/mol. The topological polar surface area (TPSA) is 21.1 Å². The Balaban J connectivity index is 2.19. The molecule has 1 saturated heterocycles. The lowest BCUT2D eigenvalue weighted by Gasteiger charge is -2.25. The molecule has 1 aromatic heterocycles. The summed E-state index contributed by atoms with van der Waals surface area (Å²) in [5.74, 6) is 1.42. The summed E-state index contributed by atoms with van der Waals surface area (Å²) in [6.45, 7) is 9.47. The Labute approximate surface area is 123 Å². The van der Waals surface area contributed by atoms with Gasteiger partial charge in [-0.15, -0.1) is 11.6 Å². The Morgan fingerprint density at radius 1 is 1.50 bits per heavy atom. The second-order valence-electron chi connectivity index (χ2n) is 5.12. The molecule has 0 saturated carbocycles. The van der Waals surface area contributed by atoms with Gasteiger partial charge in [0, 0.05) is 25.0 Å². The third-order valence-corrected chi connectivity index (χ3v) is 5.31. The zero-order valence-corrected chi connectivity index (χ0v) is 13.6. The fourth-order valence-electron chi connectivity index (χ4n) is 2.75. The molecule has 2 atom stereocenters. The van der Waals surface area contributed by atoms with Crippen LogP contribution in [0.3, 0.4) is 0 Å². The summed E-state index contributed by atoms with van der Waals surface area (Å²) < 4.78 is 3.24. The summed E-state index contributed by atoms with van der Waals surface area (Å²) in [6.07, 6.45) is 1.24. The number of halogens is 2. The highest BCUT2D eigenvalue weighted by Crippen LogP contribution is 2.29. The van der Waals surface area contributed by atoms with Crippen LogP contribution in [-0.4, -0.2) is 33.1 Å². The van der Waals surface area contributed by atoms with E-state index in [0.29, 0.717) is 12.0 Å². The molecule has 2 unspecified atom stereocenters. The minimum Gasteiger partial charge on any atom is -0.293 e. The van der Waals surface area contributed by atoms with Crippen molar-refractivity contribution in [1.29, 1.82) is 0 Å². The van der Waals surface area contributed by atoms with Gasteiger partial charge in [-0.1, -0.05) is 6.92 Å². The number of hydrogen-bond donors (Lipinski definition) is 0. The van der Waals surface area contributed by atoms with Gasteiger partial charge in [0.05, 0.1) is 15.9 Å². The van der Waals surface area contributed by atoms with Crippen LogP contribution in [0.5, 0.6) is 0 Å². The van der Waals surface area contributed by atoms with Gasteiger partial charge in [-0.25, -0.2) is 0 Å². The normalized spacial score (nSPS) is 24.9. The molecule has 2 heterocycles. The fourth-order valence-corrected chi connectivity index (χ4v) is 3.65. The van der Waals surface area contributed by atoms with Crippen molar-refractivity contribution in [2.24, 2.45) is 5.92 Å². The number of alkyl halides is 1. The summed E-state index contributed by atoms with van der Waals surface area (Å²) >= 11 is 9.77. The molecule has 102 valence electrons. The minimum atomic E-state index is 0.499. The van der Waals surface area contributed by atoms with Crippen LogP contribution >= 0.6 is 27.5 Å². The highest BCUT2D eigenvalue weighted by atomic mass is 79.9. The third kappa shape index (κ3) is 2.61. The lowest BCUT2D eigenvalue weighted by molar-refractivity contribution is 0.234. The Hall–Kier alpha value is -0.0600. The van der Waals surface area contributed by atoms with Gasteiger partial charge in [-0.2, -0.15) is 5.10 Å². The van der Waals surface area contributed by atoms with Crippen molar-refractivity contribution >= 4 is 27.5 Å². The van der Waals surface area contributed by atoms with Crippen LogP contribution in [0.2, 0.25) is 0 Å². The molecule has 0 amide bonds. The summed E-state index contributed by atoms with van der Waals surface area (Å²) in [5.41, 5.74) is 2.35. The van der Waals surface area contributed by atoms with Crippen LogP contribution in [0.4, 0.5) is 0 Å². The van der Waals surface area contributed by atoms with Gasteiger partial charge in [0.15, 0.2) is 0 Å². The molecule has 18 heavy (non-hydrogen) atoms. The largest absolute Gasteiger partial charge is 0.293 e. The molecule has 0 bridgehead atoms. The van der Waals surface area contributed by atoms with E-state index in [1.54, 1.807) is 0 Å². The Morgan fingerprint density at radius 2 is 2.22 bits per heavy atom. The van der Waals surface area contributed by atoms with Crippen molar-refractivity contribution in [2.45, 2.75) is 46.3 Å². The van der Waals surface area contributed by atoms with E-state index in [2.05, 4.69) is 44.5 Å². The second-order valence-corrected chi connectivity index (χ2v) is 6.22. The maximum absolute atomic E-state index is 6.11. The van der Waals surface area contributed by atoms with E-state index in [4.69, 9.17) is 11.6 Å². The monoisotopic (exact) mass is 333 g/mol. The fraction of sp³-hybridized carbons (Fsp3) is 0.769. The van der Waals surface area contributed by atoms with Gasteiger partial charge in [0.1, 0.15) is 0 Å². The smallest absolute Gasteiger partial charge is 0.0739 e. The lowest BCUT2D eigenvalue weighted by Crippen LogP contribution is -2.34. The molecule has 0 aromatic carbocycles. The van der Waals surface area contributed by atoms with Crippen LogP contribution in [-0.2, 0) is 13.1 Å². The first-order valence-corrected chi connectivity index (χ1v) is 7.93. The van der Waals surface area contributed by atoms with E-state index < -0.39 is 0 Å². The second kappa shape index (κ2) is 5.93. The van der Waals surface area contributed by atoms with E-state index in [1.807, 2.05) is 6.92 Å². The first-order chi connectivity index (χ1) is 8.58. The molecule has 1 fully saturated rings. The number of aromatic nitrogens is 2. The van der Waals surface area contributed by atoms with Crippen LogP contribution in [0.15, 0.2) is 4.47 Å². The van der Waals surface area contributed by atoms with E-state index in [1.165, 1.54) is 12.1 Å². The van der Waals surface area contributed by atoms with Crippen LogP contribution < -0.4 is 0 Å². The van der Waals surface area contributed by atoms with Crippen molar-refractivity contribution in [1.82, 2.24) is 14.7 Å². The molecule has 5 heteroatoms. The number of nitrogens with zero attached hydrogens (tertiary/aromatic N) is 3. The van der Waals surface area contributed by atoms with Crippen molar-refractivity contribution in [3.05, 3.63) is 15.9 Å². The summed E-state index contributed by atoms with van der Waals surface area (Å²) in [5, 5.41) is 4.55. The predicted octanol–water partition coefficient (Wildman–Crippen LogP) is 3.42. The van der Waals surface area contributed by atoms with Crippen molar-refractivity contribution < 1.29 is 0 Å². The quantitative estimate of drug-likeness (QED) is 0.787. The predicted molar refractivity (Wildman–Crippen MR) is 79.0 cm³/mol. The average Bonchev–Trinajstić information content (AvgIpc) is 2.84. The highest BCUT2D eigenvalue weighted by molar-refractivity contribution is 9.10. The molecule has 3 nitrogen and oxygen atoms in total. The van der Waals surface area contributed by atoms with Crippen LogP contribution in [0, 0.1) is 12.8 Å². The Bertz CT molecular complexity index is 419. The number of likely N-dealkylation sites (tertiary alicyclic amines) is 1. The van der Waals surface area contributed by atoms with E-state index in [0.717, 1.165) is 35.7 Å². The highest BCUT2D eigenvalue weighted by Gasteiger charge is 2.31. The Kier molecular flexibility index (Phi) is 4.73. The molecule has 1 aliphatic heterocycles. The van der Waals surface area contributed by atoms with Crippen molar-refractivity contribution in [3.63, 3.8) is 0 Å². The van der Waals surface area contributed by atoms with E-state index >= 15 is 0 Å². The molecule has 0 N–H and O–H groups in total. The maximum atomic E-state index is 6.11. The van der Waals surface area contributed by atoms with Gasteiger partial charge in [0.25, 0.3) is 0 Å². The molecule has 0 radical (unpaired) electrons. The summed E-state index contributed by atoms with van der Waals surface area (Å²) in [7, 11) is 0. The minimum absolute atomic E-state index is 0.499. The Morgan fingerprint density at radius 3 is 2.83 bits per heavy atom. The van der Waals surface area contributed by atoms with Gasteiger partial charge in [0.2, 0.25) is 0 Å². The van der Waals surface area contributed by atoms with Gasteiger partial charge >= 0.3 is 0 Å². The van der Waals surface area contributed by atoms with Gasteiger partial charge in [-0.3, -0.25) is 9.58 Å². The molecule has 0 spiro atoms. The van der Waals surface area contributed by atoms with Gasteiger partial charge in [-0.05, 0) is 48.7 Å². The number of hydrogen-bond acceptors (Lipinski definition) is 2. The molecule has 2 rings (SSSR count). The van der Waals surface area contributed by atoms with Crippen LogP contribution in [0.25, 0.3) is 0 Å². The van der Waals surface area contributed by atoms with Crippen molar-refractivity contribution in [3.8, 4) is 0 Å². The molecule has 1 aliphatic rings. The summed E-state index contributed by atoms with van der Waals surface area (Å²) in [6, 6.07) is 0.499. The van der Waals surface area contributed by atoms with E-state index in [-0.39, 0.29) is 0 Å². The van der Waals surface area contributed by atoms with Gasteiger partial charge < -0.3 is 0 Å². The average molecular weight is 335 g/mol. The van der Waals surface area contributed by atoms with Crippen molar-refractivity contribution in [2.75, 3.05) is 12.4 Å². The zero-order valence-electron chi connectivity index (χ0n) is 11.3. The first-order valence-electron chi connectivity index (χ1n) is 6.60. The standard InChI is InChI=1S/C13H21BrClN3/c1-4-18-12(13(14)10(3)16-18)8-17-6-5-9(2)11(17)7-15/h9,11H,4-8H2,1-3H3. The van der Waals surface area contributed by atoms with E-state index in [9.17, 15) is 0 Å². The molecule has 0 aliphatic carbocycles. The molecular formula is C13H21BrClN3. The zero-order chi connectivity index (χ0) is 13.3. The maximum Gasteiger partial charge on any atom is 0.0739 e. The number of aryl methyl sites for hydroxylation is 2. The molecule has 1 aromatic rings. The lowest BCUT2D eigenvalue weighted by atomic mass is 10.1. The summed E-state index contributed by atoms with van der Waals surface area (Å²) in [4.78, 5) is 2.49. The van der Waals surface area contributed by atoms with Crippen LogP contribution in [0.1, 0.15) is 31.7 Å².